The van der Waals surface area contributed by atoms with Gasteiger partial charge in [-0.15, -0.1) is 0 Å². The molecule has 0 atom stereocenters. The number of fused-ring (bicyclic) bond motifs is 2. The van der Waals surface area contributed by atoms with Crippen LogP contribution in [0.1, 0.15) is 48.6 Å². The quantitative estimate of drug-likeness (QED) is 0.0937. The van der Waals surface area contributed by atoms with Crippen molar-refractivity contribution >= 4 is 50.7 Å². The third kappa shape index (κ3) is 6.53. The summed E-state index contributed by atoms with van der Waals surface area (Å²) in [7, 11) is 5.44. The molecule has 7 aromatic rings. The Kier molecular flexibility index (Phi) is 8.54. The van der Waals surface area contributed by atoms with E-state index in [1.807, 2.05) is 19.3 Å². The number of aryl methyl sites for hydroxylation is 2. The number of benzene rings is 3. The van der Waals surface area contributed by atoms with Crippen LogP contribution in [0.3, 0.4) is 0 Å². The predicted octanol–water partition coefficient (Wildman–Crippen LogP) is 9.48. The van der Waals surface area contributed by atoms with E-state index in [1.54, 1.807) is 18.5 Å². The van der Waals surface area contributed by atoms with Crippen LogP contribution in [0.15, 0.2) is 85.5 Å². The third-order valence-corrected chi connectivity index (χ3v) is 9.85. The van der Waals surface area contributed by atoms with Crippen molar-refractivity contribution in [2.45, 2.75) is 37.5 Å². The second-order valence-electron chi connectivity index (χ2n) is 13.3. The number of rotatable bonds is 8. The van der Waals surface area contributed by atoms with Crippen molar-refractivity contribution in [3.8, 4) is 28.3 Å². The highest BCUT2D eigenvalue weighted by Crippen LogP contribution is 2.43. The Morgan fingerprint density at radius 2 is 1.38 bits per heavy atom. The maximum absolute atomic E-state index is 13.9. The van der Waals surface area contributed by atoms with E-state index in [0.717, 1.165) is 45.8 Å². The minimum absolute atomic E-state index is 0.111. The molecule has 2 aliphatic carbocycles. The third-order valence-electron chi connectivity index (χ3n) is 9.67. The highest BCUT2D eigenvalue weighted by molar-refractivity contribution is 6.28. The number of ether oxygens (including phenoxy) is 1. The lowest BCUT2D eigenvalue weighted by Gasteiger charge is -2.11. The zero-order valence-electron chi connectivity index (χ0n) is 28.7. The summed E-state index contributed by atoms with van der Waals surface area (Å²) < 4.78 is 23.3. The molecule has 2 aliphatic rings. The van der Waals surface area contributed by atoms with Crippen molar-refractivity contribution in [3.05, 3.63) is 118 Å². The average molecular weight is 717 g/mol. The first-order valence-corrected chi connectivity index (χ1v) is 17.3. The zero-order valence-corrected chi connectivity index (χ0v) is 29.4. The molecule has 13 heteroatoms. The van der Waals surface area contributed by atoms with Crippen molar-refractivity contribution < 1.29 is 14.1 Å². The summed E-state index contributed by atoms with van der Waals surface area (Å²) in [6, 6.07) is 19.0. The van der Waals surface area contributed by atoms with Crippen LogP contribution in [0.5, 0.6) is 5.75 Å². The van der Waals surface area contributed by atoms with Gasteiger partial charge in [0, 0.05) is 83.9 Å². The molecular weight excluding hydrogens is 683 g/mol. The highest BCUT2D eigenvalue weighted by atomic mass is 35.5. The smallest absolute Gasteiger partial charge is 0.307 e. The van der Waals surface area contributed by atoms with Gasteiger partial charge in [-0.25, -0.2) is 19.9 Å². The van der Waals surface area contributed by atoms with E-state index in [0.29, 0.717) is 11.6 Å². The predicted molar refractivity (Wildman–Crippen MR) is 200 cm³/mol. The topological polar surface area (TPSA) is 126 Å². The first-order chi connectivity index (χ1) is 25.2. The van der Waals surface area contributed by atoms with Crippen molar-refractivity contribution in [1.29, 1.82) is 0 Å². The van der Waals surface area contributed by atoms with Gasteiger partial charge < -0.3 is 19.2 Å². The van der Waals surface area contributed by atoms with Crippen molar-refractivity contribution in [2.75, 3.05) is 12.4 Å². The molecule has 11 nitrogen and oxygen atoms in total. The van der Waals surface area contributed by atoms with Crippen LogP contribution in [0, 0.1) is 15.9 Å². The van der Waals surface area contributed by atoms with Gasteiger partial charge in [-0.1, -0.05) is 24.3 Å². The lowest BCUT2D eigenvalue weighted by atomic mass is 10.1. The molecule has 2 fully saturated rings. The Morgan fingerprint density at radius 3 is 1.90 bits per heavy atom. The molecular formula is C39H34ClFN8O3. The number of nitrogens with one attached hydrogen (secondary N) is 1. The van der Waals surface area contributed by atoms with Crippen molar-refractivity contribution in [1.82, 2.24) is 29.1 Å². The van der Waals surface area contributed by atoms with E-state index >= 15 is 0 Å². The summed E-state index contributed by atoms with van der Waals surface area (Å²) in [5.41, 5.74) is 8.35. The molecule has 0 bridgehead atoms. The Bertz CT molecular complexity index is 2510. The Labute approximate surface area is 303 Å². The van der Waals surface area contributed by atoms with Gasteiger partial charge in [0.05, 0.1) is 29.1 Å². The summed E-state index contributed by atoms with van der Waals surface area (Å²) in [6.45, 7) is 0. The summed E-state index contributed by atoms with van der Waals surface area (Å²) in [6.07, 6.45) is 12.6. The van der Waals surface area contributed by atoms with Crippen molar-refractivity contribution in [2.24, 2.45) is 14.1 Å². The minimum atomic E-state index is -0.978. The normalized spacial score (nSPS) is 13.9. The van der Waals surface area contributed by atoms with E-state index in [9.17, 15) is 14.5 Å². The molecule has 4 aromatic heterocycles. The molecule has 9 rings (SSSR count). The number of methoxy groups -OCH3 is 1. The number of aromatic nitrogens is 6. The van der Waals surface area contributed by atoms with Crippen molar-refractivity contribution in [3.63, 3.8) is 0 Å². The average Bonchev–Trinajstić information content (AvgIpc) is 4.09. The fourth-order valence-corrected chi connectivity index (χ4v) is 6.82. The van der Waals surface area contributed by atoms with Gasteiger partial charge >= 0.3 is 5.69 Å². The summed E-state index contributed by atoms with van der Waals surface area (Å²) in [5, 5.41) is 16.6. The van der Waals surface area contributed by atoms with E-state index in [2.05, 4.69) is 84.0 Å². The second-order valence-corrected chi connectivity index (χ2v) is 13.6. The maximum atomic E-state index is 13.9. The van der Waals surface area contributed by atoms with Gasteiger partial charge in [-0.05, 0) is 84.5 Å². The number of halogens is 2. The molecule has 2 saturated carbocycles. The maximum Gasteiger partial charge on any atom is 0.307 e. The fraction of sp³-hybridized carbons (Fsp3) is 0.231. The van der Waals surface area contributed by atoms with Gasteiger partial charge in [-0.3, -0.25) is 10.1 Å². The largest absolute Gasteiger partial charge is 0.494 e. The SMILES string of the molecule is COc1cc(F)c([N+](=O)[O-])cc1Nc1nccc(-c2cn(C)c3cc(C4CC4)ccc23)n1.Cn1cc(-c2ccnc(Cl)n2)c2ccc(C3CC3)cc21. The molecule has 52 heavy (non-hydrogen) atoms. The lowest BCUT2D eigenvalue weighted by molar-refractivity contribution is -0.387. The summed E-state index contributed by atoms with van der Waals surface area (Å²) >= 11 is 5.90. The summed E-state index contributed by atoms with van der Waals surface area (Å²) in [5.74, 6) is 0.787. The molecule has 0 radical (unpaired) electrons. The molecule has 3 aromatic carbocycles. The van der Waals surface area contributed by atoms with Gasteiger partial charge in [0.15, 0.2) is 0 Å². The molecule has 0 spiro atoms. The first-order valence-electron chi connectivity index (χ1n) is 17.0. The molecule has 0 unspecified atom stereocenters. The van der Waals surface area contributed by atoms with Crippen LogP contribution in [-0.4, -0.2) is 41.1 Å². The first kappa shape index (κ1) is 33.3. The Hall–Kier alpha value is -5.88. The van der Waals surface area contributed by atoms with Gasteiger partial charge in [0.1, 0.15) is 5.75 Å². The molecule has 1 N–H and O–H groups in total. The van der Waals surface area contributed by atoms with E-state index in [1.165, 1.54) is 54.8 Å². The molecule has 0 aliphatic heterocycles. The summed E-state index contributed by atoms with van der Waals surface area (Å²) in [4.78, 5) is 27.4. The van der Waals surface area contributed by atoms with Crippen LogP contribution in [0.25, 0.3) is 44.3 Å². The van der Waals surface area contributed by atoms with E-state index in [-0.39, 0.29) is 22.7 Å². The molecule has 0 amide bonds. The second kappa shape index (κ2) is 13.3. The number of nitro benzene ring substituents is 1. The van der Waals surface area contributed by atoms with Crippen LogP contribution < -0.4 is 10.1 Å². The number of anilines is 2. The van der Waals surface area contributed by atoms with E-state index < -0.39 is 16.4 Å². The standard InChI is InChI=1S/C23H20FN5O3.C16H14ClN3/c1-28-12-16(15-6-5-14(9-20(15)28)13-3-4-13)18-7-8-25-23(26-18)27-19-11-21(29(30)31)17(24)10-22(19)32-2;1-20-9-13(14-6-7-18-16(17)19-14)12-5-4-11(8-15(12)20)10-2-3-10/h5-13H,3-4H2,1-2H3,(H,25,26,27);4-10H,2-3H2,1H3. The number of hydrogen-bond donors (Lipinski definition) is 1. The van der Waals surface area contributed by atoms with Gasteiger partial charge in [0.25, 0.3) is 0 Å². The molecule has 0 saturated heterocycles. The number of hydrogen-bond acceptors (Lipinski definition) is 8. The monoisotopic (exact) mass is 716 g/mol. The van der Waals surface area contributed by atoms with Crippen LogP contribution >= 0.6 is 11.6 Å². The van der Waals surface area contributed by atoms with E-state index in [4.69, 9.17) is 16.3 Å². The van der Waals surface area contributed by atoms with Gasteiger partial charge in [-0.2, -0.15) is 4.39 Å². The Morgan fingerprint density at radius 1 is 0.827 bits per heavy atom. The molecule has 4 heterocycles. The zero-order chi connectivity index (χ0) is 36.1. The van der Waals surface area contributed by atoms with Crippen LogP contribution in [-0.2, 0) is 14.1 Å². The van der Waals surface area contributed by atoms with Gasteiger partial charge in [0.2, 0.25) is 17.0 Å². The number of nitrogens with zero attached hydrogens (tertiary/aromatic N) is 7. The molecule has 262 valence electrons. The van der Waals surface area contributed by atoms with Crippen LogP contribution in [0.2, 0.25) is 5.28 Å². The Balaban J connectivity index is 0.000000165. The minimum Gasteiger partial charge on any atom is -0.494 e. The number of nitro groups is 1. The fourth-order valence-electron chi connectivity index (χ4n) is 6.68. The van der Waals surface area contributed by atoms with Crippen LogP contribution in [0.4, 0.5) is 21.7 Å². The lowest BCUT2D eigenvalue weighted by Crippen LogP contribution is -2.02. The highest BCUT2D eigenvalue weighted by Gasteiger charge is 2.26.